The maximum Gasteiger partial charge on any atom is 0.264 e. The second kappa shape index (κ2) is 8.62. The van der Waals surface area contributed by atoms with Crippen LogP contribution in [-0.4, -0.2) is 49.4 Å². The molecule has 2 amide bonds. The summed E-state index contributed by atoms with van der Waals surface area (Å²) in [5, 5.41) is 9.54. The van der Waals surface area contributed by atoms with E-state index >= 15 is 0 Å². The summed E-state index contributed by atoms with van der Waals surface area (Å²) in [6, 6.07) is 9.62. The number of ether oxygens (including phenoxy) is 1. The lowest BCUT2D eigenvalue weighted by atomic mass is 10.0. The van der Waals surface area contributed by atoms with Crippen molar-refractivity contribution in [3.63, 3.8) is 0 Å². The van der Waals surface area contributed by atoms with Gasteiger partial charge < -0.3 is 20.2 Å². The second-order valence-corrected chi connectivity index (χ2v) is 6.18. The molecule has 0 spiro atoms. The zero-order valence-electron chi connectivity index (χ0n) is 14.1. The quantitative estimate of drug-likeness (QED) is 0.771. The molecule has 2 unspecified atom stereocenters. The monoisotopic (exact) mass is 345 g/mol. The van der Waals surface area contributed by atoms with E-state index in [1.807, 2.05) is 30.3 Å². The van der Waals surface area contributed by atoms with E-state index in [9.17, 15) is 9.59 Å². The predicted molar refractivity (Wildman–Crippen MR) is 92.1 cm³/mol. The minimum Gasteiger partial charge on any atom is -0.382 e. The highest BCUT2D eigenvalue weighted by atomic mass is 16.6. The van der Waals surface area contributed by atoms with Crippen molar-refractivity contribution >= 4 is 17.5 Å². The Morgan fingerprint density at radius 1 is 1.20 bits per heavy atom. The Kier molecular flexibility index (Phi) is 6.00. The van der Waals surface area contributed by atoms with Crippen molar-refractivity contribution in [3.8, 4) is 0 Å². The van der Waals surface area contributed by atoms with Gasteiger partial charge in [0.05, 0.1) is 11.8 Å². The lowest BCUT2D eigenvalue weighted by Crippen LogP contribution is -2.38. The van der Waals surface area contributed by atoms with Crippen LogP contribution < -0.4 is 10.6 Å². The molecule has 1 fully saturated rings. The van der Waals surface area contributed by atoms with Gasteiger partial charge in [-0.1, -0.05) is 35.5 Å². The highest BCUT2D eigenvalue weighted by molar-refractivity contribution is 6.04. The van der Waals surface area contributed by atoms with Gasteiger partial charge in [-0.3, -0.25) is 9.59 Å². The zero-order chi connectivity index (χ0) is 17.5. The van der Waals surface area contributed by atoms with Crippen molar-refractivity contribution in [3.05, 3.63) is 35.9 Å². The van der Waals surface area contributed by atoms with Crippen molar-refractivity contribution in [1.82, 2.24) is 10.6 Å². The van der Waals surface area contributed by atoms with E-state index in [1.54, 1.807) is 0 Å². The summed E-state index contributed by atoms with van der Waals surface area (Å²) < 4.78 is 5.45. The zero-order valence-corrected chi connectivity index (χ0v) is 14.1. The van der Waals surface area contributed by atoms with E-state index in [2.05, 4.69) is 15.8 Å². The molecular formula is C18H23N3O4. The molecular weight excluding hydrogens is 322 g/mol. The third-order valence-corrected chi connectivity index (χ3v) is 4.27. The van der Waals surface area contributed by atoms with Gasteiger partial charge in [-0.2, -0.15) is 0 Å². The van der Waals surface area contributed by atoms with Crippen molar-refractivity contribution < 1.29 is 19.2 Å². The first-order valence-corrected chi connectivity index (χ1v) is 8.66. The fourth-order valence-electron chi connectivity index (χ4n) is 2.85. The standard InChI is InChI=1S/C18H23N3O4/c22-17(20-12-14-7-4-10-24-14)8-9-19-18(23)16-11-15(21-25-16)13-5-2-1-3-6-13/h1-3,5-6,14,16H,4,7-12H2,(H,19,23)(H,20,22). The number of amides is 2. The lowest BCUT2D eigenvalue weighted by molar-refractivity contribution is -0.131. The minimum atomic E-state index is -0.634. The number of hydrogen-bond donors (Lipinski definition) is 2. The van der Waals surface area contributed by atoms with Crippen LogP contribution in [0.1, 0.15) is 31.2 Å². The molecule has 0 aliphatic carbocycles. The Morgan fingerprint density at radius 2 is 2.04 bits per heavy atom. The van der Waals surface area contributed by atoms with Crippen LogP contribution in [0.2, 0.25) is 0 Å². The van der Waals surface area contributed by atoms with E-state index < -0.39 is 6.10 Å². The Morgan fingerprint density at radius 3 is 2.80 bits per heavy atom. The van der Waals surface area contributed by atoms with Gasteiger partial charge in [0, 0.05) is 32.5 Å². The normalized spacial score (nSPS) is 22.2. The molecule has 1 aromatic rings. The van der Waals surface area contributed by atoms with Gasteiger partial charge in [0.15, 0.2) is 0 Å². The third-order valence-electron chi connectivity index (χ3n) is 4.27. The van der Waals surface area contributed by atoms with Crippen LogP contribution in [0.15, 0.2) is 35.5 Å². The van der Waals surface area contributed by atoms with Gasteiger partial charge >= 0.3 is 0 Å². The van der Waals surface area contributed by atoms with Crippen LogP contribution in [0.25, 0.3) is 0 Å². The average molecular weight is 345 g/mol. The van der Waals surface area contributed by atoms with Gasteiger partial charge in [-0.25, -0.2) is 0 Å². The molecule has 2 N–H and O–H groups in total. The van der Waals surface area contributed by atoms with E-state index in [-0.39, 0.29) is 30.9 Å². The largest absolute Gasteiger partial charge is 0.382 e. The molecule has 1 aromatic carbocycles. The minimum absolute atomic E-state index is 0.0932. The molecule has 2 aliphatic rings. The van der Waals surface area contributed by atoms with Gasteiger partial charge in [0.25, 0.3) is 5.91 Å². The third kappa shape index (κ3) is 5.03. The van der Waals surface area contributed by atoms with Crippen LogP contribution in [0, 0.1) is 0 Å². The van der Waals surface area contributed by atoms with Crippen LogP contribution in [-0.2, 0) is 19.2 Å². The van der Waals surface area contributed by atoms with Crippen molar-refractivity contribution in [2.24, 2.45) is 5.16 Å². The molecule has 0 saturated carbocycles. The molecule has 0 radical (unpaired) electrons. The topological polar surface area (TPSA) is 89.0 Å². The number of nitrogens with one attached hydrogen (secondary N) is 2. The highest BCUT2D eigenvalue weighted by Crippen LogP contribution is 2.16. The summed E-state index contributed by atoms with van der Waals surface area (Å²) in [5.74, 6) is -0.342. The average Bonchev–Trinajstić information content (AvgIpc) is 3.32. The number of carbonyl (C=O) groups excluding carboxylic acids is 2. The molecule has 134 valence electrons. The van der Waals surface area contributed by atoms with E-state index in [1.165, 1.54) is 0 Å². The number of hydrogen-bond acceptors (Lipinski definition) is 5. The van der Waals surface area contributed by atoms with Crippen LogP contribution >= 0.6 is 0 Å². The van der Waals surface area contributed by atoms with Crippen LogP contribution in [0.3, 0.4) is 0 Å². The number of benzene rings is 1. The molecule has 2 aliphatic heterocycles. The predicted octanol–water partition coefficient (Wildman–Crippen LogP) is 0.981. The summed E-state index contributed by atoms with van der Waals surface area (Å²) in [6.07, 6.45) is 2.19. The van der Waals surface area contributed by atoms with Crippen molar-refractivity contribution in [1.29, 1.82) is 0 Å². The molecule has 0 aromatic heterocycles. The Hall–Kier alpha value is -2.41. The molecule has 1 saturated heterocycles. The number of nitrogens with zero attached hydrogens (tertiary/aromatic N) is 1. The molecule has 7 heteroatoms. The lowest BCUT2D eigenvalue weighted by Gasteiger charge is -2.12. The maximum atomic E-state index is 12.1. The summed E-state index contributed by atoms with van der Waals surface area (Å²) in [7, 11) is 0. The molecule has 3 rings (SSSR count). The number of carbonyl (C=O) groups is 2. The maximum absolute atomic E-state index is 12.1. The van der Waals surface area contributed by atoms with E-state index in [0.29, 0.717) is 13.0 Å². The van der Waals surface area contributed by atoms with E-state index in [0.717, 1.165) is 30.7 Å². The number of oxime groups is 1. The van der Waals surface area contributed by atoms with Gasteiger partial charge in [0.2, 0.25) is 12.0 Å². The van der Waals surface area contributed by atoms with Crippen molar-refractivity contribution in [2.45, 2.75) is 37.9 Å². The molecule has 2 heterocycles. The Balaban J connectivity index is 1.32. The van der Waals surface area contributed by atoms with E-state index in [4.69, 9.17) is 9.57 Å². The highest BCUT2D eigenvalue weighted by Gasteiger charge is 2.28. The van der Waals surface area contributed by atoms with Crippen LogP contribution in [0.4, 0.5) is 0 Å². The summed E-state index contributed by atoms with van der Waals surface area (Å²) in [6.45, 7) is 1.58. The van der Waals surface area contributed by atoms with Crippen molar-refractivity contribution in [2.75, 3.05) is 19.7 Å². The Labute approximate surface area is 146 Å². The second-order valence-electron chi connectivity index (χ2n) is 6.18. The van der Waals surface area contributed by atoms with Crippen LogP contribution in [0.5, 0.6) is 0 Å². The molecule has 25 heavy (non-hydrogen) atoms. The fraction of sp³-hybridized carbons (Fsp3) is 0.500. The first-order chi connectivity index (χ1) is 12.2. The molecule has 7 nitrogen and oxygen atoms in total. The Bertz CT molecular complexity index is 626. The summed E-state index contributed by atoms with van der Waals surface area (Å²) >= 11 is 0. The molecule has 0 bridgehead atoms. The first-order valence-electron chi connectivity index (χ1n) is 8.66. The summed E-state index contributed by atoms with van der Waals surface area (Å²) in [5.41, 5.74) is 1.71. The smallest absolute Gasteiger partial charge is 0.264 e. The van der Waals surface area contributed by atoms with Gasteiger partial charge in [-0.15, -0.1) is 0 Å². The fourth-order valence-corrected chi connectivity index (χ4v) is 2.85. The van der Waals surface area contributed by atoms with Gasteiger partial charge in [-0.05, 0) is 18.4 Å². The molecule has 2 atom stereocenters. The van der Waals surface area contributed by atoms with Gasteiger partial charge in [0.1, 0.15) is 0 Å². The first kappa shape index (κ1) is 17.4. The SMILES string of the molecule is O=C(CCNC(=O)C1CC(c2ccccc2)=NO1)NCC1CCCO1. The summed E-state index contributed by atoms with van der Waals surface area (Å²) in [4.78, 5) is 29.1. The number of rotatable bonds is 7.